The number of thiazole rings is 1. The number of hydrogen-bond donors (Lipinski definition) is 1. The molecule has 0 saturated heterocycles. The number of benzene rings is 3. The molecule has 0 aliphatic carbocycles. The summed E-state index contributed by atoms with van der Waals surface area (Å²) in [6, 6.07) is 21.1. The Morgan fingerprint density at radius 3 is 2.48 bits per heavy atom. The normalized spacial score (nSPS) is 11.0. The van der Waals surface area contributed by atoms with Gasteiger partial charge < -0.3 is 18.9 Å². The van der Waals surface area contributed by atoms with Crippen molar-refractivity contribution < 1.29 is 18.9 Å². The number of rotatable bonds is 11. The molecule has 170 valence electrons. The van der Waals surface area contributed by atoms with Crippen molar-refractivity contribution in [3.05, 3.63) is 72.3 Å². The predicted octanol–water partition coefficient (Wildman–Crippen LogP) is 5.61. The van der Waals surface area contributed by atoms with Crippen LogP contribution in [0.1, 0.15) is 12.5 Å². The molecule has 3 aromatic carbocycles. The van der Waals surface area contributed by atoms with Crippen LogP contribution in [0.2, 0.25) is 0 Å². The second-order valence-electron chi connectivity index (χ2n) is 6.87. The summed E-state index contributed by atoms with van der Waals surface area (Å²) in [6.07, 6.45) is 1.73. The molecule has 1 heterocycles. The van der Waals surface area contributed by atoms with Gasteiger partial charge in [0.25, 0.3) is 0 Å². The van der Waals surface area contributed by atoms with Crippen molar-refractivity contribution >= 4 is 32.9 Å². The van der Waals surface area contributed by atoms with Crippen LogP contribution >= 0.6 is 11.3 Å². The lowest BCUT2D eigenvalue weighted by Crippen LogP contribution is -2.10. The highest BCUT2D eigenvalue weighted by atomic mass is 32.1. The number of nitrogens with one attached hydrogen (secondary N) is 1. The molecule has 0 unspecified atom stereocenters. The summed E-state index contributed by atoms with van der Waals surface area (Å²) in [7, 11) is 1.63. The molecule has 0 fully saturated rings. The van der Waals surface area contributed by atoms with Gasteiger partial charge in [-0.3, -0.25) is 5.43 Å². The molecule has 0 aliphatic rings. The molecule has 1 N–H and O–H groups in total. The van der Waals surface area contributed by atoms with Crippen molar-refractivity contribution in [3.8, 4) is 23.0 Å². The molecular formula is C25H25N3O4S. The number of anilines is 1. The Labute approximate surface area is 196 Å². The molecule has 4 aromatic rings. The average Bonchev–Trinajstić information content (AvgIpc) is 3.26. The van der Waals surface area contributed by atoms with E-state index in [4.69, 9.17) is 18.9 Å². The average molecular weight is 464 g/mol. The number of ether oxygens (including phenoxy) is 4. The SMILES string of the molecule is CCOc1cc(C=NNc2nc3ccccc3s2)ccc1OCCOc1ccc(OC)cc1. The molecule has 0 amide bonds. The van der Waals surface area contributed by atoms with Crippen molar-refractivity contribution in [3.63, 3.8) is 0 Å². The molecule has 0 aliphatic heterocycles. The van der Waals surface area contributed by atoms with E-state index in [2.05, 4.69) is 15.5 Å². The Morgan fingerprint density at radius 1 is 0.909 bits per heavy atom. The van der Waals surface area contributed by atoms with Crippen LogP contribution in [0, 0.1) is 0 Å². The molecule has 33 heavy (non-hydrogen) atoms. The van der Waals surface area contributed by atoms with Gasteiger partial charge in [0.2, 0.25) is 5.13 Å². The number of fused-ring (bicyclic) bond motifs is 1. The fourth-order valence-corrected chi connectivity index (χ4v) is 3.87. The van der Waals surface area contributed by atoms with Gasteiger partial charge in [-0.15, -0.1) is 0 Å². The fourth-order valence-electron chi connectivity index (χ4n) is 3.06. The van der Waals surface area contributed by atoms with Gasteiger partial charge in [0, 0.05) is 0 Å². The molecule has 8 heteroatoms. The van der Waals surface area contributed by atoms with Gasteiger partial charge >= 0.3 is 0 Å². The standard InChI is InChI=1S/C25H25N3O4S/c1-3-30-23-16-18(17-26-28-25-27-21-6-4-5-7-24(21)33-25)8-13-22(23)32-15-14-31-20-11-9-19(29-2)10-12-20/h4-13,16-17H,3,14-15H2,1-2H3,(H,27,28). The molecule has 1 aromatic heterocycles. The minimum atomic E-state index is 0.388. The molecule has 0 saturated carbocycles. The molecule has 0 spiro atoms. The van der Waals surface area contributed by atoms with Crippen LogP contribution in [0.15, 0.2) is 71.8 Å². The van der Waals surface area contributed by atoms with Crippen LogP contribution in [-0.2, 0) is 0 Å². The Balaban J connectivity index is 1.32. The smallest absolute Gasteiger partial charge is 0.204 e. The van der Waals surface area contributed by atoms with Crippen molar-refractivity contribution in [2.75, 3.05) is 32.4 Å². The van der Waals surface area contributed by atoms with E-state index in [9.17, 15) is 0 Å². The van der Waals surface area contributed by atoms with E-state index in [1.165, 1.54) is 0 Å². The van der Waals surface area contributed by atoms with Crippen molar-refractivity contribution in [2.45, 2.75) is 6.92 Å². The highest BCUT2D eigenvalue weighted by Crippen LogP contribution is 2.29. The number of aromatic nitrogens is 1. The van der Waals surface area contributed by atoms with E-state index in [0.717, 1.165) is 32.4 Å². The summed E-state index contributed by atoms with van der Waals surface area (Å²) in [5, 5.41) is 5.05. The molecule has 4 rings (SSSR count). The van der Waals surface area contributed by atoms with E-state index in [1.807, 2.05) is 73.7 Å². The molecular weight excluding hydrogens is 438 g/mol. The minimum absolute atomic E-state index is 0.388. The number of hydrazone groups is 1. The first-order valence-corrected chi connectivity index (χ1v) is 11.4. The van der Waals surface area contributed by atoms with E-state index in [-0.39, 0.29) is 0 Å². The second kappa shape index (κ2) is 11.2. The van der Waals surface area contributed by atoms with E-state index in [1.54, 1.807) is 24.7 Å². The zero-order chi connectivity index (χ0) is 22.9. The summed E-state index contributed by atoms with van der Waals surface area (Å²) in [4.78, 5) is 4.51. The van der Waals surface area contributed by atoms with Gasteiger partial charge in [0.1, 0.15) is 24.7 Å². The zero-order valence-electron chi connectivity index (χ0n) is 18.5. The number of hydrogen-bond acceptors (Lipinski definition) is 8. The third-order valence-electron chi connectivity index (χ3n) is 4.60. The summed E-state index contributed by atoms with van der Waals surface area (Å²) in [5.41, 5.74) is 4.83. The van der Waals surface area contributed by atoms with Gasteiger partial charge in [-0.2, -0.15) is 5.10 Å². The maximum atomic E-state index is 5.88. The Bertz CT molecular complexity index is 1170. The summed E-state index contributed by atoms with van der Waals surface area (Å²) < 4.78 is 23.6. The van der Waals surface area contributed by atoms with Gasteiger partial charge in [-0.05, 0) is 67.1 Å². The Morgan fingerprint density at radius 2 is 1.70 bits per heavy atom. The Hall–Kier alpha value is -3.78. The van der Waals surface area contributed by atoms with E-state index >= 15 is 0 Å². The maximum Gasteiger partial charge on any atom is 0.204 e. The topological polar surface area (TPSA) is 74.2 Å². The number of methoxy groups -OCH3 is 1. The van der Waals surface area contributed by atoms with Crippen LogP contribution in [0.5, 0.6) is 23.0 Å². The predicted molar refractivity (Wildman–Crippen MR) is 132 cm³/mol. The monoisotopic (exact) mass is 463 g/mol. The summed E-state index contributed by atoms with van der Waals surface area (Å²) >= 11 is 1.56. The zero-order valence-corrected chi connectivity index (χ0v) is 19.3. The highest BCUT2D eigenvalue weighted by molar-refractivity contribution is 7.22. The van der Waals surface area contributed by atoms with Gasteiger partial charge in [0.05, 0.1) is 30.1 Å². The molecule has 7 nitrogen and oxygen atoms in total. The van der Waals surface area contributed by atoms with E-state index in [0.29, 0.717) is 31.3 Å². The number of para-hydroxylation sites is 1. The number of nitrogens with zero attached hydrogens (tertiary/aromatic N) is 2. The first-order valence-electron chi connectivity index (χ1n) is 10.6. The molecule has 0 radical (unpaired) electrons. The van der Waals surface area contributed by atoms with Crippen molar-refractivity contribution in [2.24, 2.45) is 5.10 Å². The third kappa shape index (κ3) is 6.14. The lowest BCUT2D eigenvalue weighted by molar-refractivity contribution is 0.208. The largest absolute Gasteiger partial charge is 0.497 e. The molecule has 0 bridgehead atoms. The summed E-state index contributed by atoms with van der Waals surface area (Å²) in [6.45, 7) is 3.27. The third-order valence-corrected chi connectivity index (χ3v) is 5.55. The Kier molecular flexibility index (Phi) is 7.60. The van der Waals surface area contributed by atoms with Crippen molar-refractivity contribution in [1.29, 1.82) is 0 Å². The fraction of sp³-hybridized carbons (Fsp3) is 0.200. The van der Waals surface area contributed by atoms with Gasteiger partial charge in [-0.25, -0.2) is 4.98 Å². The molecule has 0 atom stereocenters. The second-order valence-corrected chi connectivity index (χ2v) is 7.90. The van der Waals surface area contributed by atoms with Gasteiger partial charge in [0.15, 0.2) is 11.5 Å². The maximum absolute atomic E-state index is 5.88. The van der Waals surface area contributed by atoms with Gasteiger partial charge in [-0.1, -0.05) is 23.5 Å². The van der Waals surface area contributed by atoms with Crippen LogP contribution in [0.4, 0.5) is 5.13 Å². The van der Waals surface area contributed by atoms with Crippen LogP contribution < -0.4 is 24.4 Å². The first kappa shape index (κ1) is 22.4. The first-order chi connectivity index (χ1) is 16.2. The minimum Gasteiger partial charge on any atom is -0.497 e. The lowest BCUT2D eigenvalue weighted by Gasteiger charge is -2.13. The van der Waals surface area contributed by atoms with Crippen LogP contribution in [0.25, 0.3) is 10.2 Å². The van der Waals surface area contributed by atoms with E-state index < -0.39 is 0 Å². The quantitative estimate of drug-likeness (QED) is 0.177. The van der Waals surface area contributed by atoms with Crippen LogP contribution in [-0.4, -0.2) is 38.1 Å². The van der Waals surface area contributed by atoms with Crippen LogP contribution in [0.3, 0.4) is 0 Å². The van der Waals surface area contributed by atoms with Crippen molar-refractivity contribution in [1.82, 2.24) is 4.98 Å². The highest BCUT2D eigenvalue weighted by Gasteiger charge is 2.07. The lowest BCUT2D eigenvalue weighted by atomic mass is 10.2. The summed E-state index contributed by atoms with van der Waals surface area (Å²) in [5.74, 6) is 2.87.